The van der Waals surface area contributed by atoms with Gasteiger partial charge in [0.05, 0.1) is 0 Å². The minimum absolute atomic E-state index is 0.319. The monoisotopic (exact) mass is 322 g/mol. The number of hydrogen-bond acceptors (Lipinski definition) is 2. The maximum Gasteiger partial charge on any atom is 0.193 e. The van der Waals surface area contributed by atoms with E-state index in [1.807, 2.05) is 12.3 Å². The topological polar surface area (TPSA) is 63.3 Å². The van der Waals surface area contributed by atoms with Gasteiger partial charge in [0.2, 0.25) is 0 Å². The molecule has 0 bridgehead atoms. The molecule has 1 aliphatic carbocycles. The van der Waals surface area contributed by atoms with Crippen molar-refractivity contribution in [3.8, 4) is 0 Å². The Morgan fingerprint density at radius 3 is 2.83 bits per heavy atom. The van der Waals surface area contributed by atoms with E-state index < -0.39 is 0 Å². The number of nitrogens with zero attached hydrogens (tertiary/aromatic N) is 2. The summed E-state index contributed by atoms with van der Waals surface area (Å²) < 4.78 is 0. The van der Waals surface area contributed by atoms with Crippen molar-refractivity contribution < 1.29 is 0 Å². The van der Waals surface area contributed by atoms with Crippen LogP contribution in [0.3, 0.4) is 0 Å². The van der Waals surface area contributed by atoms with Crippen LogP contribution in [0.25, 0.3) is 0 Å². The number of guanidine groups is 1. The van der Waals surface area contributed by atoms with E-state index in [0.29, 0.717) is 24.3 Å². The van der Waals surface area contributed by atoms with Crippen LogP contribution in [-0.2, 0) is 12.8 Å². The number of fused-ring (bicyclic) bond motifs is 1. The molecule has 3 rings (SSSR count). The van der Waals surface area contributed by atoms with Crippen LogP contribution in [0.2, 0.25) is 0 Å². The average molecular weight is 322 g/mol. The molecule has 0 radical (unpaired) electrons. The zero-order valence-electron chi connectivity index (χ0n) is 14.5. The highest BCUT2D eigenvalue weighted by atomic mass is 15.1. The molecule has 0 fully saturated rings. The van der Waals surface area contributed by atoms with Crippen LogP contribution in [0.5, 0.6) is 0 Å². The van der Waals surface area contributed by atoms with Crippen molar-refractivity contribution in [3.63, 3.8) is 0 Å². The second-order valence-electron chi connectivity index (χ2n) is 6.82. The summed E-state index contributed by atoms with van der Waals surface area (Å²) in [6.07, 6.45) is 7.33. The molecule has 126 valence electrons. The Labute approximate surface area is 144 Å². The van der Waals surface area contributed by atoms with Gasteiger partial charge in [-0.1, -0.05) is 26.0 Å². The van der Waals surface area contributed by atoms with Crippen LogP contribution < -0.4 is 11.1 Å². The van der Waals surface area contributed by atoms with Gasteiger partial charge in [0.1, 0.15) is 0 Å². The molecule has 1 aromatic carbocycles. The quantitative estimate of drug-likeness (QED) is 0.651. The lowest BCUT2D eigenvalue weighted by Gasteiger charge is -2.19. The number of nitrogens with two attached hydrogens (primary N) is 1. The van der Waals surface area contributed by atoms with Crippen LogP contribution in [-0.4, -0.2) is 17.5 Å². The predicted molar refractivity (Wildman–Crippen MR) is 100 cm³/mol. The molecule has 1 aliphatic rings. The molecule has 24 heavy (non-hydrogen) atoms. The Kier molecular flexibility index (Phi) is 5.14. The van der Waals surface area contributed by atoms with Crippen LogP contribution in [0.1, 0.15) is 42.9 Å². The van der Waals surface area contributed by atoms with Gasteiger partial charge < -0.3 is 11.1 Å². The van der Waals surface area contributed by atoms with Gasteiger partial charge in [-0.05, 0) is 60.1 Å². The van der Waals surface area contributed by atoms with Gasteiger partial charge in [0.15, 0.2) is 5.96 Å². The predicted octanol–water partition coefficient (Wildman–Crippen LogP) is 3.74. The van der Waals surface area contributed by atoms with Crippen molar-refractivity contribution in [3.05, 3.63) is 59.4 Å². The zero-order valence-corrected chi connectivity index (χ0v) is 14.5. The number of hydrogen-bond donors (Lipinski definition) is 2. The SMILES string of the molecule is CC(C)C(CN=C(N)Nc1ccc2c(c1)CCC2)c1cccnc1. The molecule has 1 heterocycles. The van der Waals surface area contributed by atoms with Crippen molar-refractivity contribution in [1.82, 2.24) is 4.98 Å². The molecular weight excluding hydrogens is 296 g/mol. The zero-order chi connectivity index (χ0) is 16.9. The molecular formula is C20H26N4. The van der Waals surface area contributed by atoms with Crippen LogP contribution in [0.4, 0.5) is 5.69 Å². The van der Waals surface area contributed by atoms with Gasteiger partial charge in [-0.2, -0.15) is 0 Å². The van der Waals surface area contributed by atoms with Crippen molar-refractivity contribution in [1.29, 1.82) is 0 Å². The highest BCUT2D eigenvalue weighted by Crippen LogP contribution is 2.25. The summed E-state index contributed by atoms with van der Waals surface area (Å²) in [5.74, 6) is 1.27. The summed E-state index contributed by atoms with van der Waals surface area (Å²) in [4.78, 5) is 8.79. The molecule has 4 nitrogen and oxygen atoms in total. The minimum Gasteiger partial charge on any atom is -0.370 e. The number of rotatable bonds is 5. The van der Waals surface area contributed by atoms with Crippen molar-refractivity contribution >= 4 is 11.6 Å². The third-order valence-electron chi connectivity index (χ3n) is 4.75. The van der Waals surface area contributed by atoms with Gasteiger partial charge in [-0.3, -0.25) is 9.98 Å². The maximum absolute atomic E-state index is 6.10. The van der Waals surface area contributed by atoms with Crippen LogP contribution in [0.15, 0.2) is 47.7 Å². The first-order valence-corrected chi connectivity index (χ1v) is 8.72. The number of aliphatic imine (C=N–C) groups is 1. The van der Waals surface area contributed by atoms with Crippen LogP contribution >= 0.6 is 0 Å². The van der Waals surface area contributed by atoms with Crippen molar-refractivity contribution in [2.45, 2.75) is 39.0 Å². The van der Waals surface area contributed by atoms with Crippen LogP contribution in [0, 0.1) is 5.92 Å². The Balaban J connectivity index is 1.66. The molecule has 0 saturated carbocycles. The molecule has 1 atom stereocenters. The number of nitrogens with one attached hydrogen (secondary N) is 1. The van der Waals surface area contributed by atoms with E-state index in [0.717, 1.165) is 5.69 Å². The van der Waals surface area contributed by atoms with Crippen molar-refractivity contribution in [2.75, 3.05) is 11.9 Å². The molecule has 1 aromatic heterocycles. The number of anilines is 1. The lowest BCUT2D eigenvalue weighted by Crippen LogP contribution is -2.24. The first kappa shape index (κ1) is 16.5. The highest BCUT2D eigenvalue weighted by Gasteiger charge is 2.16. The molecule has 2 aromatic rings. The first-order valence-electron chi connectivity index (χ1n) is 8.72. The van der Waals surface area contributed by atoms with E-state index in [9.17, 15) is 0 Å². The summed E-state index contributed by atoms with van der Waals surface area (Å²) in [6, 6.07) is 10.6. The summed E-state index contributed by atoms with van der Waals surface area (Å²) in [7, 11) is 0. The Hall–Kier alpha value is -2.36. The first-order chi connectivity index (χ1) is 11.6. The van der Waals surface area contributed by atoms with Gasteiger partial charge >= 0.3 is 0 Å². The molecule has 0 saturated heterocycles. The second-order valence-corrected chi connectivity index (χ2v) is 6.82. The number of pyridine rings is 1. The van der Waals surface area contributed by atoms with Gasteiger partial charge in [-0.25, -0.2) is 0 Å². The second kappa shape index (κ2) is 7.47. The van der Waals surface area contributed by atoms with Gasteiger partial charge in [-0.15, -0.1) is 0 Å². The van der Waals surface area contributed by atoms with E-state index >= 15 is 0 Å². The number of aryl methyl sites for hydroxylation is 2. The smallest absolute Gasteiger partial charge is 0.193 e. The Morgan fingerprint density at radius 1 is 1.25 bits per heavy atom. The fraction of sp³-hybridized carbons (Fsp3) is 0.400. The van der Waals surface area contributed by atoms with Gasteiger partial charge in [0.25, 0.3) is 0 Å². The average Bonchev–Trinajstić information content (AvgIpc) is 3.03. The number of aromatic nitrogens is 1. The van der Waals surface area contributed by atoms with E-state index in [4.69, 9.17) is 5.73 Å². The van der Waals surface area contributed by atoms with Gasteiger partial charge in [0, 0.05) is 30.5 Å². The lowest BCUT2D eigenvalue weighted by molar-refractivity contribution is 0.506. The molecule has 3 N–H and O–H groups in total. The van der Waals surface area contributed by atoms with E-state index in [1.54, 1.807) is 6.20 Å². The van der Waals surface area contributed by atoms with E-state index in [2.05, 4.69) is 53.4 Å². The summed E-state index contributed by atoms with van der Waals surface area (Å²) in [5.41, 5.74) is 11.2. The molecule has 4 heteroatoms. The highest BCUT2D eigenvalue weighted by molar-refractivity contribution is 5.92. The maximum atomic E-state index is 6.10. The normalized spacial score (nSPS) is 15.4. The molecule has 1 unspecified atom stereocenters. The summed E-state index contributed by atoms with van der Waals surface area (Å²) in [6.45, 7) is 5.07. The Bertz CT molecular complexity index is 707. The number of benzene rings is 1. The summed E-state index contributed by atoms with van der Waals surface area (Å²) in [5, 5.41) is 3.23. The van der Waals surface area contributed by atoms with E-state index in [1.165, 1.54) is 36.0 Å². The molecule has 0 spiro atoms. The third kappa shape index (κ3) is 3.94. The third-order valence-corrected chi connectivity index (χ3v) is 4.75. The Morgan fingerprint density at radius 2 is 2.08 bits per heavy atom. The largest absolute Gasteiger partial charge is 0.370 e. The van der Waals surface area contributed by atoms with E-state index in [-0.39, 0.29) is 0 Å². The molecule has 0 aliphatic heterocycles. The van der Waals surface area contributed by atoms with Crippen molar-refractivity contribution in [2.24, 2.45) is 16.6 Å². The fourth-order valence-corrected chi connectivity index (χ4v) is 3.33. The molecule has 0 amide bonds. The lowest BCUT2D eigenvalue weighted by atomic mass is 9.89. The summed E-state index contributed by atoms with van der Waals surface area (Å²) >= 11 is 0. The standard InChI is InChI=1S/C20H26N4/c1-14(2)19(17-7-4-10-22-12-17)13-23-20(21)24-18-9-8-15-5-3-6-16(15)11-18/h4,7-12,14,19H,3,5-6,13H2,1-2H3,(H3,21,23,24). The minimum atomic E-state index is 0.319. The fourth-order valence-electron chi connectivity index (χ4n) is 3.33.